The van der Waals surface area contributed by atoms with Crippen LogP contribution in [0.2, 0.25) is 0 Å². The van der Waals surface area contributed by atoms with Crippen LogP contribution in [-0.4, -0.2) is 30.0 Å². The first-order chi connectivity index (χ1) is 11.4. The summed E-state index contributed by atoms with van der Waals surface area (Å²) in [6.45, 7) is 3.78. The molecule has 0 radical (unpaired) electrons. The highest BCUT2D eigenvalue weighted by atomic mass is 16.4. The number of furan rings is 2. The molecule has 0 aliphatic carbocycles. The third-order valence-electron chi connectivity index (χ3n) is 3.51. The number of aryl methyl sites for hydroxylation is 1. The summed E-state index contributed by atoms with van der Waals surface area (Å²) in [6.07, 6.45) is 2.15. The molecule has 0 aliphatic rings. The van der Waals surface area contributed by atoms with Gasteiger partial charge in [0.15, 0.2) is 5.76 Å². The van der Waals surface area contributed by atoms with Crippen molar-refractivity contribution in [1.29, 1.82) is 0 Å². The maximum Gasteiger partial charge on any atom is 0.286 e. The summed E-state index contributed by atoms with van der Waals surface area (Å²) in [5.74, 6) is 0.835. The van der Waals surface area contributed by atoms with Crippen LogP contribution in [0, 0.1) is 6.92 Å². The van der Waals surface area contributed by atoms with Gasteiger partial charge in [-0.1, -0.05) is 0 Å². The standard InChI is InChI=1S/C17H22N2O5/c1-12-7-8-14(24-12)17(2,22)11-19-15(20)6-3-9-18-16(21)13-5-4-10-23-13/h4-5,7-8,10,22H,3,6,9,11H2,1-2H3,(H,18,21)(H,19,20). The molecule has 7 heteroatoms. The Morgan fingerprint density at radius 2 is 2.04 bits per heavy atom. The SMILES string of the molecule is Cc1ccc(C(C)(O)CNC(=O)CCCNC(=O)c2ccco2)o1. The number of hydrogen-bond acceptors (Lipinski definition) is 5. The van der Waals surface area contributed by atoms with Gasteiger partial charge >= 0.3 is 0 Å². The summed E-state index contributed by atoms with van der Waals surface area (Å²) in [5, 5.41) is 15.7. The molecule has 3 N–H and O–H groups in total. The maximum atomic E-state index is 11.8. The zero-order valence-electron chi connectivity index (χ0n) is 13.8. The second-order valence-electron chi connectivity index (χ2n) is 5.80. The second kappa shape index (κ2) is 7.83. The highest BCUT2D eigenvalue weighted by Gasteiger charge is 2.27. The quantitative estimate of drug-likeness (QED) is 0.638. The highest BCUT2D eigenvalue weighted by molar-refractivity contribution is 5.91. The lowest BCUT2D eigenvalue weighted by atomic mass is 10.0. The van der Waals surface area contributed by atoms with Crippen molar-refractivity contribution >= 4 is 11.8 Å². The highest BCUT2D eigenvalue weighted by Crippen LogP contribution is 2.21. The molecule has 0 aliphatic heterocycles. The van der Waals surface area contributed by atoms with Crippen LogP contribution in [0.3, 0.4) is 0 Å². The Labute approximate surface area is 140 Å². The van der Waals surface area contributed by atoms with Gasteiger partial charge in [0.2, 0.25) is 5.91 Å². The molecule has 2 rings (SSSR count). The zero-order chi connectivity index (χ0) is 17.6. The van der Waals surface area contributed by atoms with Gasteiger partial charge < -0.3 is 24.6 Å². The van der Waals surface area contributed by atoms with Crippen molar-refractivity contribution < 1.29 is 23.5 Å². The zero-order valence-corrected chi connectivity index (χ0v) is 13.8. The number of aliphatic hydroxyl groups is 1. The number of hydrogen-bond donors (Lipinski definition) is 3. The fraction of sp³-hybridized carbons (Fsp3) is 0.412. The first kappa shape index (κ1) is 17.8. The lowest BCUT2D eigenvalue weighted by Gasteiger charge is -2.21. The van der Waals surface area contributed by atoms with Gasteiger partial charge in [0, 0.05) is 13.0 Å². The molecule has 0 spiro atoms. The molecule has 2 aromatic rings. The van der Waals surface area contributed by atoms with Gasteiger partial charge in [-0.25, -0.2) is 0 Å². The molecule has 24 heavy (non-hydrogen) atoms. The summed E-state index contributed by atoms with van der Waals surface area (Å²) >= 11 is 0. The van der Waals surface area contributed by atoms with Crippen molar-refractivity contribution in [3.63, 3.8) is 0 Å². The van der Waals surface area contributed by atoms with E-state index in [9.17, 15) is 14.7 Å². The molecule has 2 amide bonds. The van der Waals surface area contributed by atoms with Crippen LogP contribution in [0.25, 0.3) is 0 Å². The van der Waals surface area contributed by atoms with Gasteiger partial charge in [-0.2, -0.15) is 0 Å². The van der Waals surface area contributed by atoms with Crippen LogP contribution in [0.1, 0.15) is 41.8 Å². The Bertz CT molecular complexity index is 673. The molecule has 0 saturated carbocycles. The topological polar surface area (TPSA) is 105 Å². The van der Waals surface area contributed by atoms with Crippen molar-refractivity contribution in [1.82, 2.24) is 10.6 Å². The van der Waals surface area contributed by atoms with E-state index < -0.39 is 5.60 Å². The Morgan fingerprint density at radius 3 is 2.67 bits per heavy atom. The van der Waals surface area contributed by atoms with Crippen LogP contribution in [0.15, 0.2) is 39.4 Å². The van der Waals surface area contributed by atoms with E-state index in [0.29, 0.717) is 24.5 Å². The first-order valence-corrected chi connectivity index (χ1v) is 7.76. The molecule has 2 heterocycles. The van der Waals surface area contributed by atoms with Crippen molar-refractivity contribution in [3.05, 3.63) is 47.8 Å². The molecule has 130 valence electrons. The molecular weight excluding hydrogens is 312 g/mol. The van der Waals surface area contributed by atoms with Gasteiger partial charge in [-0.05, 0) is 44.5 Å². The van der Waals surface area contributed by atoms with Gasteiger partial charge in [0.25, 0.3) is 5.91 Å². The van der Waals surface area contributed by atoms with E-state index in [4.69, 9.17) is 8.83 Å². The molecule has 1 atom stereocenters. The summed E-state index contributed by atoms with van der Waals surface area (Å²) in [6, 6.07) is 6.65. The lowest BCUT2D eigenvalue weighted by molar-refractivity contribution is -0.122. The molecule has 0 saturated heterocycles. The minimum atomic E-state index is -1.27. The number of carbonyl (C=O) groups is 2. The molecule has 7 nitrogen and oxygen atoms in total. The fourth-order valence-electron chi connectivity index (χ4n) is 2.12. The third-order valence-corrected chi connectivity index (χ3v) is 3.51. The van der Waals surface area contributed by atoms with Crippen molar-refractivity contribution in [2.75, 3.05) is 13.1 Å². The minimum absolute atomic E-state index is 0.0531. The largest absolute Gasteiger partial charge is 0.463 e. The average molecular weight is 334 g/mol. The molecule has 0 bridgehead atoms. The second-order valence-corrected chi connectivity index (χ2v) is 5.80. The van der Waals surface area contributed by atoms with Crippen LogP contribution in [0.4, 0.5) is 0 Å². The third kappa shape index (κ3) is 4.99. The van der Waals surface area contributed by atoms with E-state index in [1.54, 1.807) is 38.1 Å². The Hall–Kier alpha value is -2.54. The fourth-order valence-corrected chi connectivity index (χ4v) is 2.12. The number of nitrogens with one attached hydrogen (secondary N) is 2. The normalized spacial score (nSPS) is 13.3. The van der Waals surface area contributed by atoms with Crippen LogP contribution in [0.5, 0.6) is 0 Å². The van der Waals surface area contributed by atoms with Crippen molar-refractivity contribution in [3.8, 4) is 0 Å². The van der Waals surface area contributed by atoms with Crippen molar-refractivity contribution in [2.45, 2.75) is 32.3 Å². The minimum Gasteiger partial charge on any atom is -0.463 e. The lowest BCUT2D eigenvalue weighted by Crippen LogP contribution is -2.38. The predicted octanol–water partition coefficient (Wildman–Crippen LogP) is 1.71. The van der Waals surface area contributed by atoms with Crippen LogP contribution in [-0.2, 0) is 10.4 Å². The average Bonchev–Trinajstić information content (AvgIpc) is 3.21. The first-order valence-electron chi connectivity index (χ1n) is 7.76. The maximum absolute atomic E-state index is 11.8. The van der Waals surface area contributed by atoms with Gasteiger partial charge in [0.05, 0.1) is 12.8 Å². The molecule has 2 aromatic heterocycles. The molecule has 0 fully saturated rings. The summed E-state index contributed by atoms with van der Waals surface area (Å²) in [7, 11) is 0. The number of rotatable bonds is 8. The van der Waals surface area contributed by atoms with Crippen LogP contribution >= 0.6 is 0 Å². The van der Waals surface area contributed by atoms with Gasteiger partial charge in [-0.15, -0.1) is 0 Å². The van der Waals surface area contributed by atoms with E-state index in [-0.39, 0.29) is 30.5 Å². The van der Waals surface area contributed by atoms with E-state index in [1.165, 1.54) is 6.26 Å². The van der Waals surface area contributed by atoms with E-state index in [2.05, 4.69) is 10.6 Å². The summed E-state index contributed by atoms with van der Waals surface area (Å²) in [5.41, 5.74) is -1.27. The van der Waals surface area contributed by atoms with Crippen LogP contribution < -0.4 is 10.6 Å². The Kier molecular flexibility index (Phi) is 5.81. The smallest absolute Gasteiger partial charge is 0.286 e. The monoisotopic (exact) mass is 334 g/mol. The predicted molar refractivity (Wildman–Crippen MR) is 86.3 cm³/mol. The summed E-state index contributed by atoms with van der Waals surface area (Å²) in [4.78, 5) is 23.4. The van der Waals surface area contributed by atoms with E-state index in [0.717, 1.165) is 0 Å². The number of carbonyl (C=O) groups excluding carboxylic acids is 2. The van der Waals surface area contributed by atoms with Gasteiger partial charge in [-0.3, -0.25) is 9.59 Å². The van der Waals surface area contributed by atoms with Gasteiger partial charge in [0.1, 0.15) is 17.1 Å². The molecule has 1 unspecified atom stereocenters. The Balaban J connectivity index is 1.65. The molecular formula is C17H22N2O5. The summed E-state index contributed by atoms with van der Waals surface area (Å²) < 4.78 is 10.3. The van der Waals surface area contributed by atoms with E-state index in [1.807, 2.05) is 0 Å². The van der Waals surface area contributed by atoms with Crippen molar-refractivity contribution in [2.24, 2.45) is 0 Å². The molecule has 0 aromatic carbocycles. The Morgan fingerprint density at radius 1 is 1.25 bits per heavy atom. The number of amides is 2. The van der Waals surface area contributed by atoms with E-state index >= 15 is 0 Å².